The van der Waals surface area contributed by atoms with Gasteiger partial charge in [-0.2, -0.15) is 0 Å². The molecule has 0 aliphatic heterocycles. The van der Waals surface area contributed by atoms with Crippen molar-refractivity contribution in [2.45, 2.75) is 12.8 Å². The zero-order valence-electron chi connectivity index (χ0n) is 15.1. The number of carbonyl (C=O) groups is 1. The van der Waals surface area contributed by atoms with Crippen molar-refractivity contribution in [2.75, 3.05) is 13.7 Å². The van der Waals surface area contributed by atoms with Gasteiger partial charge in [0, 0.05) is 11.6 Å². The number of aliphatic hydroxyl groups excluding tert-OH is 1. The van der Waals surface area contributed by atoms with Crippen LogP contribution in [0.1, 0.15) is 28.8 Å². The van der Waals surface area contributed by atoms with Crippen molar-refractivity contribution in [3.63, 3.8) is 0 Å². The zero-order chi connectivity index (χ0) is 19.2. The maximum absolute atomic E-state index is 12.2. The Morgan fingerprint density at radius 1 is 1.19 bits per heavy atom. The van der Waals surface area contributed by atoms with Crippen LogP contribution in [-0.2, 0) is 0 Å². The summed E-state index contributed by atoms with van der Waals surface area (Å²) >= 11 is 0. The number of benzene rings is 2. The Hall–Kier alpha value is -3.21. The Labute approximate surface area is 158 Å². The van der Waals surface area contributed by atoms with Gasteiger partial charge in [-0.3, -0.25) is 4.79 Å². The summed E-state index contributed by atoms with van der Waals surface area (Å²) in [6.07, 6.45) is 6.50. The highest BCUT2D eigenvalue weighted by Gasteiger charge is 2.23. The van der Waals surface area contributed by atoms with E-state index in [4.69, 9.17) is 9.47 Å². The molecule has 0 aromatic heterocycles. The number of hydrogen-bond acceptors (Lipinski definition) is 5. The van der Waals surface area contributed by atoms with Crippen molar-refractivity contribution in [3.05, 3.63) is 71.5 Å². The summed E-state index contributed by atoms with van der Waals surface area (Å²) in [7, 11) is 1.58. The van der Waals surface area contributed by atoms with E-state index in [1.807, 2.05) is 18.2 Å². The lowest BCUT2D eigenvalue weighted by atomic mass is 10.1. The number of phenolic OH excluding ortho intramolecular Hbond substituents is 1. The van der Waals surface area contributed by atoms with Gasteiger partial charge in [0.2, 0.25) is 0 Å². The summed E-state index contributed by atoms with van der Waals surface area (Å²) in [5, 5.41) is 19.8. The molecule has 2 aromatic rings. The van der Waals surface area contributed by atoms with E-state index in [-0.39, 0.29) is 17.1 Å². The first-order valence-electron chi connectivity index (χ1n) is 8.79. The number of phenols is 1. The highest BCUT2D eigenvalue weighted by molar-refractivity contribution is 6.06. The topological polar surface area (TPSA) is 76.0 Å². The van der Waals surface area contributed by atoms with Crippen LogP contribution in [0.25, 0.3) is 6.08 Å². The van der Waals surface area contributed by atoms with Crippen molar-refractivity contribution in [2.24, 2.45) is 5.92 Å². The van der Waals surface area contributed by atoms with Gasteiger partial charge in [0.05, 0.1) is 19.3 Å². The zero-order valence-corrected chi connectivity index (χ0v) is 15.1. The molecule has 1 fully saturated rings. The Balaban J connectivity index is 1.78. The minimum atomic E-state index is -0.480. The van der Waals surface area contributed by atoms with Crippen LogP contribution in [0.4, 0.5) is 0 Å². The molecule has 2 N–H and O–H groups in total. The van der Waals surface area contributed by atoms with Crippen LogP contribution in [0.5, 0.6) is 17.2 Å². The molecule has 27 heavy (non-hydrogen) atoms. The van der Waals surface area contributed by atoms with Gasteiger partial charge < -0.3 is 19.7 Å². The molecule has 1 aliphatic carbocycles. The molecule has 1 saturated carbocycles. The highest BCUT2D eigenvalue weighted by atomic mass is 16.5. The lowest BCUT2D eigenvalue weighted by molar-refractivity contribution is 0.104. The predicted molar refractivity (Wildman–Crippen MR) is 103 cm³/mol. The number of ether oxygens (including phenoxy) is 2. The molecule has 0 amide bonds. The standard InChI is InChI=1S/C22H22O5/c1-26-21-8-4-5-16(22(21)27-14-15-9-10-15)11-12-17(23)13-20(25)18-6-2-3-7-19(18)24/h2-8,11-13,15,23-24H,9-10,14H2,1H3/b12-11+,17-13-. The lowest BCUT2D eigenvalue weighted by Gasteiger charge is -2.13. The van der Waals surface area contributed by atoms with Gasteiger partial charge in [-0.05, 0) is 49.1 Å². The Morgan fingerprint density at radius 3 is 2.67 bits per heavy atom. The summed E-state index contributed by atoms with van der Waals surface area (Å²) in [5.74, 6) is 0.996. The van der Waals surface area contributed by atoms with Crippen molar-refractivity contribution < 1.29 is 24.5 Å². The maximum Gasteiger partial charge on any atom is 0.193 e. The predicted octanol–water partition coefficient (Wildman–Crippen LogP) is 4.53. The summed E-state index contributed by atoms with van der Waals surface area (Å²) in [6.45, 7) is 0.634. The minimum absolute atomic E-state index is 0.126. The molecular weight excluding hydrogens is 344 g/mol. The van der Waals surface area contributed by atoms with Crippen LogP contribution in [0.2, 0.25) is 0 Å². The van der Waals surface area contributed by atoms with Crippen LogP contribution in [0.15, 0.2) is 60.4 Å². The molecule has 5 heteroatoms. The fraction of sp³-hybridized carbons (Fsp3) is 0.227. The molecule has 0 spiro atoms. The second kappa shape index (κ2) is 8.45. The summed E-state index contributed by atoms with van der Waals surface area (Å²) in [4.78, 5) is 12.2. The van der Waals surface area contributed by atoms with Gasteiger partial charge in [0.25, 0.3) is 0 Å². The molecule has 0 saturated heterocycles. The summed E-state index contributed by atoms with van der Waals surface area (Å²) < 4.78 is 11.3. The molecule has 140 valence electrons. The number of hydrogen-bond donors (Lipinski definition) is 2. The van der Waals surface area contributed by atoms with Crippen molar-refractivity contribution in [1.82, 2.24) is 0 Å². The second-order valence-corrected chi connectivity index (χ2v) is 6.42. The van der Waals surface area contributed by atoms with E-state index in [0.29, 0.717) is 24.0 Å². The first-order chi connectivity index (χ1) is 13.1. The lowest BCUT2D eigenvalue weighted by Crippen LogP contribution is -2.02. The van der Waals surface area contributed by atoms with Crippen LogP contribution in [-0.4, -0.2) is 29.7 Å². The molecule has 1 aliphatic rings. The number of aliphatic hydroxyl groups is 1. The number of carbonyl (C=O) groups excluding carboxylic acids is 1. The van der Waals surface area contributed by atoms with Crippen LogP contribution in [0, 0.1) is 5.92 Å². The minimum Gasteiger partial charge on any atom is -0.508 e. The fourth-order valence-corrected chi connectivity index (χ4v) is 2.58. The third kappa shape index (κ3) is 4.91. The molecule has 5 nitrogen and oxygen atoms in total. The van der Waals surface area contributed by atoms with Crippen LogP contribution in [0.3, 0.4) is 0 Å². The number of methoxy groups -OCH3 is 1. The van der Waals surface area contributed by atoms with Crippen molar-refractivity contribution >= 4 is 11.9 Å². The molecule has 0 unspecified atom stereocenters. The molecule has 2 aromatic carbocycles. The van der Waals surface area contributed by atoms with Crippen molar-refractivity contribution in [3.8, 4) is 17.2 Å². The van der Waals surface area contributed by atoms with E-state index in [9.17, 15) is 15.0 Å². The molecular formula is C22H22O5. The van der Waals surface area contributed by atoms with Crippen molar-refractivity contribution in [1.29, 1.82) is 0 Å². The Morgan fingerprint density at radius 2 is 1.96 bits per heavy atom. The molecule has 0 bridgehead atoms. The van der Waals surface area contributed by atoms with Gasteiger partial charge >= 0.3 is 0 Å². The SMILES string of the molecule is COc1cccc(/C=C/C(O)=C/C(=O)c2ccccc2O)c1OCC1CC1. The molecule has 0 atom stereocenters. The first-order valence-corrected chi connectivity index (χ1v) is 8.79. The van der Waals surface area contributed by atoms with E-state index in [2.05, 4.69) is 0 Å². The third-order valence-corrected chi connectivity index (χ3v) is 4.27. The van der Waals surface area contributed by atoms with Gasteiger partial charge in [0.1, 0.15) is 11.5 Å². The van der Waals surface area contributed by atoms with Gasteiger partial charge in [0.15, 0.2) is 17.3 Å². The van der Waals surface area contributed by atoms with E-state index < -0.39 is 5.78 Å². The maximum atomic E-state index is 12.2. The molecule has 0 radical (unpaired) electrons. The van der Waals surface area contributed by atoms with E-state index in [0.717, 1.165) is 11.6 Å². The monoisotopic (exact) mass is 366 g/mol. The summed E-state index contributed by atoms with van der Waals surface area (Å²) in [5.41, 5.74) is 0.872. The average Bonchev–Trinajstić information content (AvgIpc) is 3.49. The number of aromatic hydroxyl groups is 1. The quantitative estimate of drug-likeness (QED) is 0.311. The Bertz CT molecular complexity index is 878. The van der Waals surface area contributed by atoms with Crippen LogP contribution >= 0.6 is 0 Å². The van der Waals surface area contributed by atoms with Gasteiger partial charge in [-0.25, -0.2) is 0 Å². The van der Waals surface area contributed by atoms with Gasteiger partial charge in [-0.15, -0.1) is 0 Å². The smallest absolute Gasteiger partial charge is 0.193 e. The third-order valence-electron chi connectivity index (χ3n) is 4.27. The van der Waals surface area contributed by atoms with Gasteiger partial charge in [-0.1, -0.05) is 24.3 Å². The molecule has 3 rings (SSSR count). The largest absolute Gasteiger partial charge is 0.508 e. The number of allylic oxidation sites excluding steroid dienone is 2. The van der Waals surface area contributed by atoms with E-state index >= 15 is 0 Å². The van der Waals surface area contributed by atoms with E-state index in [1.165, 1.54) is 31.1 Å². The van der Waals surface area contributed by atoms with E-state index in [1.54, 1.807) is 25.3 Å². The fourth-order valence-electron chi connectivity index (χ4n) is 2.58. The number of ketones is 1. The average molecular weight is 366 g/mol. The van der Waals surface area contributed by atoms with Crippen LogP contribution < -0.4 is 9.47 Å². The highest BCUT2D eigenvalue weighted by Crippen LogP contribution is 2.35. The normalized spacial score (nSPS) is 14.3. The number of para-hydroxylation sites is 2. The number of rotatable bonds is 8. The molecule has 0 heterocycles. The second-order valence-electron chi connectivity index (χ2n) is 6.42. The first kappa shape index (κ1) is 18.6. The Kier molecular flexibility index (Phi) is 5.81. The summed E-state index contributed by atoms with van der Waals surface area (Å²) in [6, 6.07) is 11.7.